The molecule has 2 heterocycles. The van der Waals surface area contributed by atoms with E-state index in [9.17, 15) is 0 Å². The van der Waals surface area contributed by atoms with E-state index < -0.39 is 0 Å². The third-order valence-electron chi connectivity index (χ3n) is 4.50. The van der Waals surface area contributed by atoms with E-state index in [4.69, 9.17) is 5.10 Å². The van der Waals surface area contributed by atoms with Crippen molar-refractivity contribution in [2.24, 2.45) is 5.10 Å². The second-order valence-electron chi connectivity index (χ2n) is 5.87. The van der Waals surface area contributed by atoms with Crippen molar-refractivity contribution in [3.05, 3.63) is 76.9 Å². The van der Waals surface area contributed by atoms with Crippen molar-refractivity contribution < 1.29 is 0 Å². The van der Waals surface area contributed by atoms with E-state index >= 15 is 0 Å². The standard InChI is InChI=1S/C19H19N3/c1-13-17-5-3-4-6-18(17)19(21-22(13)2)15-7-8-16-12-20-10-9-14(16)11-15/h3-8,11,20H,1,9-10,12H2,2H3. The number of nitrogens with zero attached hydrogens (tertiary/aromatic N) is 2. The molecule has 0 saturated heterocycles. The summed E-state index contributed by atoms with van der Waals surface area (Å²) in [4.78, 5) is 0. The maximum Gasteiger partial charge on any atom is 0.0987 e. The van der Waals surface area contributed by atoms with Crippen LogP contribution in [0.1, 0.15) is 27.8 Å². The van der Waals surface area contributed by atoms with Gasteiger partial charge in [0.1, 0.15) is 0 Å². The van der Waals surface area contributed by atoms with Crippen LogP contribution in [0.3, 0.4) is 0 Å². The molecule has 2 aromatic carbocycles. The summed E-state index contributed by atoms with van der Waals surface area (Å²) in [6.45, 7) is 6.16. The average Bonchev–Trinajstić information content (AvgIpc) is 2.58. The van der Waals surface area contributed by atoms with E-state index in [0.717, 1.165) is 36.5 Å². The minimum atomic E-state index is 0.946. The Balaban J connectivity index is 1.85. The highest BCUT2D eigenvalue weighted by molar-refractivity contribution is 6.16. The van der Waals surface area contributed by atoms with Gasteiger partial charge in [-0.15, -0.1) is 0 Å². The van der Waals surface area contributed by atoms with Gasteiger partial charge in [-0.2, -0.15) is 5.10 Å². The molecule has 0 amide bonds. The minimum Gasteiger partial charge on any atom is -0.312 e. The highest BCUT2D eigenvalue weighted by atomic mass is 15.4. The molecule has 2 aromatic rings. The molecule has 0 fully saturated rings. The fourth-order valence-corrected chi connectivity index (χ4v) is 3.22. The molecule has 0 spiro atoms. The van der Waals surface area contributed by atoms with Gasteiger partial charge in [0.2, 0.25) is 0 Å². The van der Waals surface area contributed by atoms with Crippen LogP contribution in [0.25, 0.3) is 5.70 Å². The number of rotatable bonds is 1. The van der Waals surface area contributed by atoms with Gasteiger partial charge in [-0.1, -0.05) is 43.0 Å². The number of fused-ring (bicyclic) bond motifs is 2. The van der Waals surface area contributed by atoms with E-state index in [1.807, 2.05) is 12.1 Å². The van der Waals surface area contributed by atoms with Gasteiger partial charge in [0.05, 0.1) is 11.4 Å². The van der Waals surface area contributed by atoms with Crippen LogP contribution in [0.4, 0.5) is 0 Å². The number of nitrogens with one attached hydrogen (secondary N) is 1. The Bertz CT molecular complexity index is 789. The Labute approximate surface area is 131 Å². The predicted molar refractivity (Wildman–Crippen MR) is 90.7 cm³/mol. The highest BCUT2D eigenvalue weighted by Crippen LogP contribution is 2.29. The molecule has 2 aliphatic rings. The average molecular weight is 289 g/mol. The van der Waals surface area contributed by atoms with Crippen LogP contribution < -0.4 is 5.32 Å². The zero-order valence-electron chi connectivity index (χ0n) is 12.8. The van der Waals surface area contributed by atoms with Gasteiger partial charge < -0.3 is 5.32 Å². The molecule has 0 bridgehead atoms. The zero-order chi connectivity index (χ0) is 15.1. The van der Waals surface area contributed by atoms with Crippen LogP contribution in [-0.2, 0) is 13.0 Å². The SMILES string of the molecule is C=C1c2ccccc2C(c2ccc3c(c2)CCNC3)=NN1C. The van der Waals surface area contributed by atoms with E-state index in [2.05, 4.69) is 54.4 Å². The summed E-state index contributed by atoms with van der Waals surface area (Å²) < 4.78 is 0. The maximum atomic E-state index is 4.76. The summed E-state index contributed by atoms with van der Waals surface area (Å²) in [5.74, 6) is 0. The molecular formula is C19H19N3. The Morgan fingerprint density at radius 2 is 1.91 bits per heavy atom. The molecule has 0 atom stereocenters. The first-order valence-corrected chi connectivity index (χ1v) is 7.68. The number of hydrazone groups is 1. The maximum absolute atomic E-state index is 4.76. The third kappa shape index (κ3) is 2.06. The Morgan fingerprint density at radius 3 is 2.77 bits per heavy atom. The van der Waals surface area contributed by atoms with Crippen molar-refractivity contribution in [1.29, 1.82) is 0 Å². The second-order valence-corrected chi connectivity index (χ2v) is 5.87. The summed E-state index contributed by atoms with van der Waals surface area (Å²) >= 11 is 0. The minimum absolute atomic E-state index is 0.946. The molecule has 1 N–H and O–H groups in total. The Kier molecular flexibility index (Phi) is 3.09. The van der Waals surface area contributed by atoms with Crippen LogP contribution >= 0.6 is 0 Å². The lowest BCUT2D eigenvalue weighted by molar-refractivity contribution is 0.513. The molecule has 22 heavy (non-hydrogen) atoms. The number of hydrogen-bond acceptors (Lipinski definition) is 3. The molecule has 0 unspecified atom stereocenters. The largest absolute Gasteiger partial charge is 0.312 e. The predicted octanol–water partition coefficient (Wildman–Crippen LogP) is 3.00. The lowest BCUT2D eigenvalue weighted by atomic mass is 9.91. The molecule has 2 aliphatic heterocycles. The van der Waals surface area contributed by atoms with Gasteiger partial charge in [-0.3, -0.25) is 5.01 Å². The summed E-state index contributed by atoms with van der Waals surface area (Å²) in [6.07, 6.45) is 1.08. The molecule has 3 nitrogen and oxygen atoms in total. The van der Waals surface area contributed by atoms with E-state index in [1.165, 1.54) is 22.3 Å². The zero-order valence-corrected chi connectivity index (χ0v) is 12.8. The third-order valence-corrected chi connectivity index (χ3v) is 4.50. The van der Waals surface area contributed by atoms with Crippen molar-refractivity contribution in [3.8, 4) is 0 Å². The van der Waals surface area contributed by atoms with Crippen LogP contribution in [0.5, 0.6) is 0 Å². The van der Waals surface area contributed by atoms with Gasteiger partial charge in [0, 0.05) is 30.3 Å². The highest BCUT2D eigenvalue weighted by Gasteiger charge is 2.22. The van der Waals surface area contributed by atoms with Gasteiger partial charge in [0.15, 0.2) is 0 Å². The summed E-state index contributed by atoms with van der Waals surface area (Å²) in [7, 11) is 1.96. The molecule has 0 radical (unpaired) electrons. The molecule has 0 saturated carbocycles. The monoisotopic (exact) mass is 289 g/mol. The van der Waals surface area contributed by atoms with Crippen LogP contribution in [0, 0.1) is 0 Å². The Hall–Kier alpha value is -2.39. The van der Waals surface area contributed by atoms with E-state index in [-0.39, 0.29) is 0 Å². The fourth-order valence-electron chi connectivity index (χ4n) is 3.22. The van der Waals surface area contributed by atoms with Gasteiger partial charge >= 0.3 is 0 Å². The first-order valence-electron chi connectivity index (χ1n) is 7.68. The fraction of sp³-hybridized carbons (Fsp3) is 0.211. The second kappa shape index (κ2) is 5.11. The molecule has 110 valence electrons. The van der Waals surface area contributed by atoms with Crippen molar-refractivity contribution in [3.63, 3.8) is 0 Å². The van der Waals surface area contributed by atoms with Crippen molar-refractivity contribution in [2.75, 3.05) is 13.6 Å². The topological polar surface area (TPSA) is 27.6 Å². The first kappa shape index (κ1) is 13.3. The summed E-state index contributed by atoms with van der Waals surface area (Å²) in [6, 6.07) is 15.1. The van der Waals surface area contributed by atoms with Crippen molar-refractivity contribution in [2.45, 2.75) is 13.0 Å². The number of hydrogen-bond donors (Lipinski definition) is 1. The molecule has 3 heteroatoms. The lowest BCUT2D eigenvalue weighted by Crippen LogP contribution is -2.25. The van der Waals surface area contributed by atoms with Gasteiger partial charge in [-0.25, -0.2) is 0 Å². The van der Waals surface area contributed by atoms with Gasteiger partial charge in [0.25, 0.3) is 0 Å². The van der Waals surface area contributed by atoms with Crippen LogP contribution in [-0.4, -0.2) is 24.3 Å². The van der Waals surface area contributed by atoms with Crippen LogP contribution in [0.2, 0.25) is 0 Å². The quantitative estimate of drug-likeness (QED) is 0.874. The lowest BCUT2D eigenvalue weighted by Gasteiger charge is -2.27. The van der Waals surface area contributed by atoms with Crippen LogP contribution in [0.15, 0.2) is 54.1 Å². The molecule has 0 aromatic heterocycles. The van der Waals surface area contributed by atoms with E-state index in [0.29, 0.717) is 0 Å². The van der Waals surface area contributed by atoms with Crippen molar-refractivity contribution in [1.82, 2.24) is 10.3 Å². The molecular weight excluding hydrogens is 270 g/mol. The summed E-state index contributed by atoms with van der Waals surface area (Å²) in [5, 5.41) is 10.1. The normalized spacial score (nSPS) is 16.9. The molecule has 4 rings (SSSR count). The van der Waals surface area contributed by atoms with E-state index in [1.54, 1.807) is 0 Å². The number of benzene rings is 2. The summed E-state index contributed by atoms with van der Waals surface area (Å²) in [5.41, 5.74) is 8.33. The van der Waals surface area contributed by atoms with Gasteiger partial charge in [-0.05, 0) is 30.2 Å². The van der Waals surface area contributed by atoms with Crippen molar-refractivity contribution >= 4 is 11.4 Å². The smallest absolute Gasteiger partial charge is 0.0987 e. The first-order chi connectivity index (χ1) is 10.7. The molecule has 0 aliphatic carbocycles. The Morgan fingerprint density at radius 1 is 1.09 bits per heavy atom.